The van der Waals surface area contributed by atoms with Gasteiger partial charge in [-0.3, -0.25) is 4.79 Å². The van der Waals surface area contributed by atoms with Crippen molar-refractivity contribution in [3.63, 3.8) is 0 Å². The maximum atomic E-state index is 12.7. The Bertz CT molecular complexity index is 759. The Hall–Kier alpha value is -1.78. The number of esters is 1. The van der Waals surface area contributed by atoms with E-state index in [0.29, 0.717) is 30.4 Å². The molecule has 1 heterocycles. The normalized spacial score (nSPS) is 31.0. The monoisotopic (exact) mass is 400 g/mol. The van der Waals surface area contributed by atoms with E-state index >= 15 is 0 Å². The fourth-order valence-corrected chi connectivity index (χ4v) is 6.99. The lowest BCUT2D eigenvalue weighted by molar-refractivity contribution is -0.125. The van der Waals surface area contributed by atoms with Crippen LogP contribution >= 0.6 is 0 Å². The van der Waals surface area contributed by atoms with Crippen molar-refractivity contribution in [2.24, 2.45) is 23.2 Å². The number of aryl methyl sites for hydroxylation is 2. The largest absolute Gasteiger partial charge is 0.462 e. The number of rotatable bonds is 7. The lowest BCUT2D eigenvalue weighted by Crippen LogP contribution is -2.55. The van der Waals surface area contributed by atoms with E-state index in [9.17, 15) is 9.59 Å². The van der Waals surface area contributed by atoms with Crippen LogP contribution in [0.1, 0.15) is 86.1 Å². The van der Waals surface area contributed by atoms with E-state index in [4.69, 9.17) is 4.74 Å². The summed E-state index contributed by atoms with van der Waals surface area (Å²) >= 11 is 0. The molecule has 5 heteroatoms. The summed E-state index contributed by atoms with van der Waals surface area (Å²) in [5, 5.41) is 3.35. The van der Waals surface area contributed by atoms with Crippen LogP contribution in [0.5, 0.6) is 0 Å². The summed E-state index contributed by atoms with van der Waals surface area (Å²) in [6.07, 6.45) is 9.25. The molecule has 5 nitrogen and oxygen atoms in total. The van der Waals surface area contributed by atoms with Gasteiger partial charge in [0.05, 0.1) is 12.2 Å². The quantitative estimate of drug-likeness (QED) is 0.664. The number of aromatic nitrogens is 1. The van der Waals surface area contributed by atoms with Crippen LogP contribution in [0.4, 0.5) is 0 Å². The minimum absolute atomic E-state index is 0.123. The summed E-state index contributed by atoms with van der Waals surface area (Å²) in [7, 11) is 0. The predicted molar refractivity (Wildman–Crippen MR) is 113 cm³/mol. The maximum Gasteiger partial charge on any atom is 0.340 e. The van der Waals surface area contributed by atoms with Gasteiger partial charge in [-0.15, -0.1) is 0 Å². The molecule has 1 atom stereocenters. The smallest absolute Gasteiger partial charge is 0.340 e. The number of nitrogens with one attached hydrogen (secondary N) is 2. The van der Waals surface area contributed by atoms with Crippen molar-refractivity contribution < 1.29 is 14.3 Å². The molecule has 4 fully saturated rings. The second kappa shape index (κ2) is 7.81. The standard InChI is InChI=1S/C24H36N2O3/c1-5-29-23(28)22-14(2)20(25-15(22)3)6-7-21(27)26-16(4)24-11-17-8-18(12-24)10-19(9-17)13-24/h16-19,25H,5-13H2,1-4H3,(H,26,27)/t16-,17?,18?,19?,24?/m1/s1. The van der Waals surface area contributed by atoms with Gasteiger partial charge in [-0.2, -0.15) is 0 Å². The van der Waals surface area contributed by atoms with Gasteiger partial charge in [0.25, 0.3) is 0 Å². The number of hydrogen-bond acceptors (Lipinski definition) is 3. The van der Waals surface area contributed by atoms with E-state index in [2.05, 4.69) is 17.2 Å². The van der Waals surface area contributed by atoms with Gasteiger partial charge in [0.2, 0.25) is 5.91 Å². The van der Waals surface area contributed by atoms with Gasteiger partial charge in [-0.25, -0.2) is 4.79 Å². The van der Waals surface area contributed by atoms with Gasteiger partial charge in [-0.05, 0) is 101 Å². The third-order valence-electron chi connectivity index (χ3n) is 8.00. The number of carbonyl (C=O) groups excluding carboxylic acids is 2. The Kier molecular flexibility index (Phi) is 5.52. The summed E-state index contributed by atoms with van der Waals surface area (Å²) in [6.45, 7) is 8.22. The highest BCUT2D eigenvalue weighted by molar-refractivity contribution is 5.92. The number of carbonyl (C=O) groups is 2. The summed E-state index contributed by atoms with van der Waals surface area (Å²) in [6, 6.07) is 0.255. The zero-order valence-electron chi connectivity index (χ0n) is 18.4. The van der Waals surface area contributed by atoms with Crippen LogP contribution in [-0.2, 0) is 16.0 Å². The van der Waals surface area contributed by atoms with Crippen molar-refractivity contribution in [3.05, 3.63) is 22.5 Å². The van der Waals surface area contributed by atoms with Crippen molar-refractivity contribution >= 4 is 11.9 Å². The Morgan fingerprint density at radius 3 is 2.28 bits per heavy atom. The molecule has 160 valence electrons. The Labute approximate surface area is 174 Å². The van der Waals surface area contributed by atoms with Gasteiger partial charge in [-0.1, -0.05) is 0 Å². The molecule has 0 aliphatic heterocycles. The predicted octanol–water partition coefficient (Wildman–Crippen LogP) is 4.46. The molecule has 0 saturated heterocycles. The van der Waals surface area contributed by atoms with Crippen molar-refractivity contribution in [3.8, 4) is 0 Å². The molecule has 1 amide bonds. The molecule has 0 spiro atoms. The Morgan fingerprint density at radius 2 is 1.72 bits per heavy atom. The molecule has 5 rings (SSSR count). The zero-order chi connectivity index (χ0) is 20.8. The van der Waals surface area contributed by atoms with E-state index in [1.165, 1.54) is 38.5 Å². The first kappa shape index (κ1) is 20.5. The molecule has 1 aromatic heterocycles. The highest BCUT2D eigenvalue weighted by Crippen LogP contribution is 2.61. The minimum Gasteiger partial charge on any atom is -0.462 e. The fourth-order valence-electron chi connectivity index (χ4n) is 6.99. The van der Waals surface area contributed by atoms with Crippen LogP contribution in [0.25, 0.3) is 0 Å². The Balaban J connectivity index is 1.35. The van der Waals surface area contributed by atoms with E-state index in [1.807, 2.05) is 20.8 Å². The fraction of sp³-hybridized carbons (Fsp3) is 0.750. The van der Waals surface area contributed by atoms with Gasteiger partial charge in [0, 0.05) is 23.9 Å². The molecular weight excluding hydrogens is 364 g/mol. The Morgan fingerprint density at radius 1 is 1.14 bits per heavy atom. The SMILES string of the molecule is CCOC(=O)c1c(C)[nH]c(CCC(=O)N[C@H](C)C23CC4CC(CC(C4)C2)C3)c1C. The molecule has 4 saturated carbocycles. The minimum atomic E-state index is -0.287. The number of hydrogen-bond donors (Lipinski definition) is 2. The molecule has 4 aliphatic carbocycles. The second-order valence-corrected chi connectivity index (χ2v) is 10.0. The van der Waals surface area contributed by atoms with Crippen LogP contribution in [0, 0.1) is 37.0 Å². The summed E-state index contributed by atoms with van der Waals surface area (Å²) < 4.78 is 5.16. The number of H-pyrrole nitrogens is 1. The van der Waals surface area contributed by atoms with Gasteiger partial charge in [0.1, 0.15) is 0 Å². The van der Waals surface area contributed by atoms with Crippen LogP contribution in [0.15, 0.2) is 0 Å². The molecule has 1 aromatic rings. The molecule has 2 N–H and O–H groups in total. The summed E-state index contributed by atoms with van der Waals surface area (Å²) in [5.41, 5.74) is 3.63. The number of amides is 1. The first-order valence-corrected chi connectivity index (χ1v) is 11.5. The van der Waals surface area contributed by atoms with Gasteiger partial charge < -0.3 is 15.0 Å². The van der Waals surface area contributed by atoms with Crippen molar-refractivity contribution in [2.45, 2.75) is 85.1 Å². The molecule has 29 heavy (non-hydrogen) atoms. The first-order valence-electron chi connectivity index (χ1n) is 11.5. The molecule has 0 aromatic carbocycles. The number of ether oxygens (including phenoxy) is 1. The molecule has 0 radical (unpaired) electrons. The molecular formula is C24H36N2O3. The van der Waals surface area contributed by atoms with Crippen molar-refractivity contribution in [1.82, 2.24) is 10.3 Å². The van der Waals surface area contributed by atoms with E-state index < -0.39 is 0 Å². The lowest BCUT2D eigenvalue weighted by Gasteiger charge is -2.59. The third-order valence-corrected chi connectivity index (χ3v) is 8.00. The summed E-state index contributed by atoms with van der Waals surface area (Å²) in [5.74, 6) is 2.52. The van der Waals surface area contributed by atoms with Crippen LogP contribution in [0.2, 0.25) is 0 Å². The van der Waals surface area contributed by atoms with Crippen molar-refractivity contribution in [2.75, 3.05) is 6.61 Å². The highest BCUT2D eigenvalue weighted by atomic mass is 16.5. The van der Waals surface area contributed by atoms with Crippen molar-refractivity contribution in [1.29, 1.82) is 0 Å². The van der Waals surface area contributed by atoms with Gasteiger partial charge >= 0.3 is 5.97 Å². The molecule has 0 unspecified atom stereocenters. The summed E-state index contributed by atoms with van der Waals surface area (Å²) in [4.78, 5) is 28.2. The van der Waals surface area contributed by atoms with Crippen LogP contribution in [0.3, 0.4) is 0 Å². The van der Waals surface area contributed by atoms with Gasteiger partial charge in [0.15, 0.2) is 0 Å². The molecule has 4 aliphatic rings. The van der Waals surface area contributed by atoms with Crippen LogP contribution in [-0.4, -0.2) is 29.5 Å². The first-order chi connectivity index (χ1) is 13.8. The topological polar surface area (TPSA) is 71.2 Å². The lowest BCUT2D eigenvalue weighted by atomic mass is 9.48. The molecule has 4 bridgehead atoms. The zero-order valence-corrected chi connectivity index (χ0v) is 18.4. The average molecular weight is 401 g/mol. The van der Waals surface area contributed by atoms with E-state index in [0.717, 1.165) is 34.7 Å². The second-order valence-electron chi connectivity index (χ2n) is 10.0. The van der Waals surface area contributed by atoms with E-state index in [-0.39, 0.29) is 17.9 Å². The van der Waals surface area contributed by atoms with E-state index in [1.54, 1.807) is 0 Å². The average Bonchev–Trinajstić information content (AvgIpc) is 2.92. The number of aromatic amines is 1. The third kappa shape index (κ3) is 3.85. The maximum absolute atomic E-state index is 12.7. The highest BCUT2D eigenvalue weighted by Gasteiger charge is 2.53. The van der Waals surface area contributed by atoms with Crippen LogP contribution < -0.4 is 5.32 Å².